The third-order valence-electron chi connectivity index (χ3n) is 13.0. The summed E-state index contributed by atoms with van der Waals surface area (Å²) in [6.45, 7) is 49.8. The maximum absolute atomic E-state index is 6.44. The zero-order chi connectivity index (χ0) is 36.1. The summed E-state index contributed by atoms with van der Waals surface area (Å²) in [7, 11) is 0. The highest BCUT2D eigenvalue weighted by Crippen LogP contribution is 2.67. The summed E-state index contributed by atoms with van der Waals surface area (Å²) < 4.78 is 0. The van der Waals surface area contributed by atoms with Crippen molar-refractivity contribution in [3.05, 3.63) is 0 Å². The number of hydrogen-bond donors (Lipinski definition) is 0. The molecule has 0 N–H and O–H groups in total. The molecule has 0 aromatic rings. The Morgan fingerprint density at radius 1 is 0.348 bits per heavy atom. The van der Waals surface area contributed by atoms with Crippen LogP contribution in [0.25, 0.3) is 0 Å². The van der Waals surface area contributed by atoms with Crippen LogP contribution in [-0.4, -0.2) is 12.2 Å². The van der Waals surface area contributed by atoms with Crippen molar-refractivity contribution < 1.29 is 9.78 Å². The van der Waals surface area contributed by atoms with E-state index in [0.717, 1.165) is 25.7 Å². The first-order chi connectivity index (χ1) is 20.2. The van der Waals surface area contributed by atoms with E-state index < -0.39 is 0 Å². The van der Waals surface area contributed by atoms with Crippen molar-refractivity contribution in [2.75, 3.05) is 0 Å². The van der Waals surface area contributed by atoms with Crippen molar-refractivity contribution in [1.29, 1.82) is 0 Å². The van der Waals surface area contributed by atoms with Crippen LogP contribution in [0, 0.1) is 54.1 Å². The molecule has 2 fully saturated rings. The maximum atomic E-state index is 6.44. The van der Waals surface area contributed by atoms with Crippen LogP contribution in [0.15, 0.2) is 0 Å². The minimum atomic E-state index is 0.213. The van der Waals surface area contributed by atoms with E-state index in [1.54, 1.807) is 0 Å². The Bertz CT molecular complexity index is 809. The van der Waals surface area contributed by atoms with Gasteiger partial charge in [0.15, 0.2) is 0 Å². The first kappa shape index (κ1) is 42.1. The Balaban J connectivity index is 2.20. The molecule has 2 aliphatic carbocycles. The Morgan fingerprint density at radius 3 is 0.674 bits per heavy atom. The van der Waals surface area contributed by atoms with Crippen LogP contribution in [0.2, 0.25) is 0 Å². The van der Waals surface area contributed by atoms with Crippen LogP contribution in [-0.2, 0) is 9.78 Å². The van der Waals surface area contributed by atoms with E-state index in [2.05, 4.69) is 138 Å². The Morgan fingerprint density at radius 2 is 0.522 bits per heavy atom. The van der Waals surface area contributed by atoms with Crippen molar-refractivity contribution >= 4 is 0 Å². The third kappa shape index (κ3) is 10.2. The van der Waals surface area contributed by atoms with Gasteiger partial charge in [0.25, 0.3) is 0 Å². The Kier molecular flexibility index (Phi) is 12.4. The summed E-state index contributed by atoms with van der Waals surface area (Å²) in [5.74, 6) is 0. The van der Waals surface area contributed by atoms with Crippen molar-refractivity contribution in [1.82, 2.24) is 0 Å². The Labute approximate surface area is 291 Å². The molecule has 0 atom stereocenters. The molecule has 0 aliphatic heterocycles. The second-order valence-electron chi connectivity index (χ2n) is 24.2. The molecule has 2 rings (SSSR count). The van der Waals surface area contributed by atoms with Gasteiger partial charge in [-0.05, 0) is 131 Å². The van der Waals surface area contributed by atoms with Crippen LogP contribution in [0.3, 0.4) is 0 Å². The van der Waals surface area contributed by atoms with E-state index in [0.29, 0.717) is 21.7 Å². The van der Waals surface area contributed by atoms with Crippen molar-refractivity contribution in [3.63, 3.8) is 0 Å². The van der Waals surface area contributed by atoms with Crippen LogP contribution < -0.4 is 0 Å². The first-order valence-corrected chi connectivity index (χ1v) is 19.5. The fourth-order valence-corrected chi connectivity index (χ4v) is 13.0. The summed E-state index contributed by atoms with van der Waals surface area (Å²) >= 11 is 0. The SMILES string of the molecule is CC(C)(C)CC(C)(C)C1(C(C)(C)CC(C)(C)C)CCC(OOC2CCC(C(C)(C)CC(C)(C)C)(C(C)(C)CC(C)(C)C)CC2)CC1. The van der Waals surface area contributed by atoms with Crippen LogP contribution in [0.5, 0.6) is 0 Å². The molecule has 0 heterocycles. The summed E-state index contributed by atoms with van der Waals surface area (Å²) in [5.41, 5.74) is 2.79. The quantitative estimate of drug-likeness (QED) is 0.164. The Hall–Kier alpha value is -0.0800. The monoisotopic (exact) mass is 647 g/mol. The van der Waals surface area contributed by atoms with Crippen molar-refractivity contribution in [2.24, 2.45) is 54.1 Å². The van der Waals surface area contributed by atoms with E-state index in [-0.39, 0.29) is 44.7 Å². The van der Waals surface area contributed by atoms with Gasteiger partial charge in [0.05, 0.1) is 12.2 Å². The minimum absolute atomic E-state index is 0.213. The standard InChI is InChI=1S/C44H86O2/c1-35(2,3)29-39(13,14)43(40(15,16)30-36(4,5)6)25-21-33(22-26-43)45-46-34-23-27-44(28-24-34,41(17,18)31-37(7,8)9)42(19,20)32-38(10,11)12/h33-34H,21-32H2,1-20H3. The van der Waals surface area contributed by atoms with Gasteiger partial charge < -0.3 is 0 Å². The molecule has 2 aliphatic rings. The molecule has 2 nitrogen and oxygen atoms in total. The van der Waals surface area contributed by atoms with Crippen molar-refractivity contribution in [2.45, 2.75) is 228 Å². The van der Waals surface area contributed by atoms with Crippen LogP contribution in [0.4, 0.5) is 0 Å². The average Bonchev–Trinajstić information content (AvgIpc) is 2.76. The van der Waals surface area contributed by atoms with Gasteiger partial charge in [-0.25, -0.2) is 9.78 Å². The molecule has 0 bridgehead atoms. The summed E-state index contributed by atoms with van der Waals surface area (Å²) in [4.78, 5) is 12.9. The molecule has 2 saturated carbocycles. The molecule has 0 radical (unpaired) electrons. The summed E-state index contributed by atoms with van der Waals surface area (Å²) in [6.07, 6.45) is 14.7. The summed E-state index contributed by atoms with van der Waals surface area (Å²) in [6, 6.07) is 0. The summed E-state index contributed by atoms with van der Waals surface area (Å²) in [5, 5.41) is 0. The molecule has 0 amide bonds. The molecule has 46 heavy (non-hydrogen) atoms. The van der Waals surface area contributed by atoms with E-state index in [4.69, 9.17) is 9.78 Å². The largest absolute Gasteiger partial charge is 0.233 e. The maximum Gasteiger partial charge on any atom is 0.0930 e. The molecular formula is C44H86O2. The third-order valence-corrected chi connectivity index (χ3v) is 13.0. The molecule has 0 spiro atoms. The topological polar surface area (TPSA) is 18.5 Å². The second-order valence-corrected chi connectivity index (χ2v) is 24.2. The fraction of sp³-hybridized carbons (Fsp3) is 1.00. The van der Waals surface area contributed by atoms with Gasteiger partial charge in [-0.2, -0.15) is 0 Å². The zero-order valence-electron chi connectivity index (χ0n) is 35.5. The lowest BCUT2D eigenvalue weighted by Gasteiger charge is -2.62. The van der Waals surface area contributed by atoms with E-state index in [9.17, 15) is 0 Å². The van der Waals surface area contributed by atoms with E-state index >= 15 is 0 Å². The lowest BCUT2D eigenvalue weighted by Crippen LogP contribution is -2.54. The van der Waals surface area contributed by atoms with Gasteiger partial charge in [-0.3, -0.25) is 0 Å². The predicted octanol–water partition coefficient (Wildman–Crippen LogP) is 14.6. The highest BCUT2D eigenvalue weighted by atomic mass is 17.2. The molecule has 0 unspecified atom stereocenters. The lowest BCUT2D eigenvalue weighted by molar-refractivity contribution is -0.366. The van der Waals surface area contributed by atoms with Crippen molar-refractivity contribution in [3.8, 4) is 0 Å². The van der Waals surface area contributed by atoms with Gasteiger partial charge in [0.2, 0.25) is 0 Å². The fourth-order valence-electron chi connectivity index (χ4n) is 13.0. The predicted molar refractivity (Wildman–Crippen MR) is 203 cm³/mol. The highest BCUT2D eigenvalue weighted by Gasteiger charge is 2.58. The van der Waals surface area contributed by atoms with Gasteiger partial charge in [-0.15, -0.1) is 0 Å². The van der Waals surface area contributed by atoms with Gasteiger partial charge in [-0.1, -0.05) is 138 Å². The molecule has 2 heteroatoms. The molecular weight excluding hydrogens is 560 g/mol. The first-order valence-electron chi connectivity index (χ1n) is 19.5. The minimum Gasteiger partial charge on any atom is -0.233 e. The average molecular weight is 647 g/mol. The molecule has 0 aromatic heterocycles. The number of hydrogen-bond acceptors (Lipinski definition) is 2. The smallest absolute Gasteiger partial charge is 0.0930 e. The van der Waals surface area contributed by atoms with E-state index in [1.807, 2.05) is 0 Å². The van der Waals surface area contributed by atoms with Crippen LogP contribution in [0.1, 0.15) is 216 Å². The molecule has 274 valence electrons. The highest BCUT2D eigenvalue weighted by molar-refractivity contribution is 5.08. The van der Waals surface area contributed by atoms with Gasteiger partial charge >= 0.3 is 0 Å². The second kappa shape index (κ2) is 13.6. The number of rotatable bonds is 11. The van der Waals surface area contributed by atoms with Gasteiger partial charge in [0, 0.05) is 0 Å². The van der Waals surface area contributed by atoms with Gasteiger partial charge in [0.1, 0.15) is 0 Å². The normalized spacial score (nSPS) is 21.9. The van der Waals surface area contributed by atoms with Crippen LogP contribution >= 0.6 is 0 Å². The lowest BCUT2D eigenvalue weighted by atomic mass is 9.44. The zero-order valence-corrected chi connectivity index (χ0v) is 35.5. The van der Waals surface area contributed by atoms with E-state index in [1.165, 1.54) is 51.4 Å². The molecule has 0 aromatic carbocycles. The molecule has 0 saturated heterocycles.